The van der Waals surface area contributed by atoms with E-state index >= 15 is 0 Å². The lowest BCUT2D eigenvalue weighted by atomic mass is 9.91. The first-order valence-electron chi connectivity index (χ1n) is 12.9. The van der Waals surface area contributed by atoms with Crippen molar-refractivity contribution in [3.63, 3.8) is 0 Å². The van der Waals surface area contributed by atoms with Gasteiger partial charge >= 0.3 is 0 Å². The van der Waals surface area contributed by atoms with E-state index in [2.05, 4.69) is 32.3 Å². The number of morpholine rings is 1. The molecule has 3 aromatic rings. The smallest absolute Gasteiger partial charge is 0.256 e. The van der Waals surface area contributed by atoms with Gasteiger partial charge < -0.3 is 15.0 Å². The number of fused-ring (bicyclic) bond motifs is 2. The van der Waals surface area contributed by atoms with Crippen molar-refractivity contribution in [3.8, 4) is 11.1 Å². The van der Waals surface area contributed by atoms with Crippen LogP contribution in [0.25, 0.3) is 22.8 Å². The fraction of sp³-hybridized carbons (Fsp3) is 0.379. The lowest BCUT2D eigenvalue weighted by Crippen LogP contribution is -2.37. The number of hydrogen-bond donors (Lipinski definition) is 2. The first kappa shape index (κ1) is 22.3. The van der Waals surface area contributed by atoms with Crippen molar-refractivity contribution in [1.82, 2.24) is 14.9 Å². The van der Waals surface area contributed by atoms with Gasteiger partial charge in [-0.1, -0.05) is 12.1 Å². The summed E-state index contributed by atoms with van der Waals surface area (Å²) in [6.07, 6.45) is 12.6. The minimum Gasteiger partial charge on any atom is -0.379 e. The molecule has 180 valence electrons. The molecule has 0 radical (unpaired) electrons. The number of amides is 1. The molecule has 35 heavy (non-hydrogen) atoms. The number of aromatic nitrogens is 2. The van der Waals surface area contributed by atoms with Crippen LogP contribution in [0.2, 0.25) is 0 Å². The first-order valence-corrected chi connectivity index (χ1v) is 12.9. The zero-order valence-corrected chi connectivity index (χ0v) is 20.1. The molecule has 2 aliphatic heterocycles. The molecule has 0 spiro atoms. The van der Waals surface area contributed by atoms with Gasteiger partial charge in [-0.15, -0.1) is 0 Å². The van der Waals surface area contributed by atoms with Crippen molar-refractivity contribution in [2.24, 2.45) is 0 Å². The maximum Gasteiger partial charge on any atom is 0.256 e. The highest BCUT2D eigenvalue weighted by Crippen LogP contribution is 2.41. The lowest BCUT2D eigenvalue weighted by molar-refractivity contribution is -0.110. The third kappa shape index (κ3) is 4.44. The van der Waals surface area contributed by atoms with Gasteiger partial charge in [0.15, 0.2) is 0 Å². The molecule has 4 heterocycles. The maximum atomic E-state index is 13.2. The largest absolute Gasteiger partial charge is 0.379 e. The summed E-state index contributed by atoms with van der Waals surface area (Å²) in [5.41, 5.74) is 10.1. The minimum absolute atomic E-state index is 0.0339. The Hall–Kier alpha value is -3.22. The van der Waals surface area contributed by atoms with Gasteiger partial charge in [0.2, 0.25) is 0 Å². The van der Waals surface area contributed by atoms with Crippen LogP contribution in [-0.2, 0) is 28.8 Å². The SMILES string of the molecule is O=C1Nc2cccc(-c3ccncc3)c2/C1=C/c1[nH]c2c(c1CCCN1CCOCC1)CCCC2. The number of nitrogens with zero attached hydrogens (tertiary/aromatic N) is 2. The molecule has 1 aliphatic carbocycles. The molecule has 0 saturated carbocycles. The van der Waals surface area contributed by atoms with E-state index in [1.807, 2.05) is 24.3 Å². The van der Waals surface area contributed by atoms with Crippen LogP contribution >= 0.6 is 0 Å². The quantitative estimate of drug-likeness (QED) is 0.514. The van der Waals surface area contributed by atoms with Crippen LogP contribution in [-0.4, -0.2) is 53.6 Å². The number of carbonyl (C=O) groups excluding carboxylic acids is 1. The lowest BCUT2D eigenvalue weighted by Gasteiger charge is -2.26. The summed E-state index contributed by atoms with van der Waals surface area (Å²) < 4.78 is 5.50. The van der Waals surface area contributed by atoms with E-state index < -0.39 is 0 Å². The van der Waals surface area contributed by atoms with Crippen LogP contribution < -0.4 is 5.32 Å². The fourth-order valence-corrected chi connectivity index (χ4v) is 5.79. The third-order valence-corrected chi connectivity index (χ3v) is 7.55. The Morgan fingerprint density at radius 2 is 1.89 bits per heavy atom. The predicted octanol–water partition coefficient (Wildman–Crippen LogP) is 4.71. The van der Waals surface area contributed by atoms with Gasteiger partial charge in [0.25, 0.3) is 5.91 Å². The first-order chi connectivity index (χ1) is 17.3. The van der Waals surface area contributed by atoms with Gasteiger partial charge in [0.05, 0.1) is 18.8 Å². The predicted molar refractivity (Wildman–Crippen MR) is 139 cm³/mol. The molecule has 1 aromatic carbocycles. The van der Waals surface area contributed by atoms with Crippen LogP contribution in [0.15, 0.2) is 42.7 Å². The zero-order valence-electron chi connectivity index (χ0n) is 20.1. The van der Waals surface area contributed by atoms with E-state index in [9.17, 15) is 4.79 Å². The van der Waals surface area contributed by atoms with Crippen molar-refractivity contribution in [2.45, 2.75) is 38.5 Å². The molecule has 2 aromatic heterocycles. The monoisotopic (exact) mass is 468 g/mol. The van der Waals surface area contributed by atoms with Gasteiger partial charge in [0, 0.05) is 48.1 Å². The van der Waals surface area contributed by atoms with Crippen LogP contribution in [0, 0.1) is 0 Å². The molecule has 6 heteroatoms. The standard InChI is InChI=1S/C29H32N4O2/c34-29-24(28-21(6-3-9-26(28)32-29)20-10-12-30-13-11-20)19-27-23(22-5-1-2-8-25(22)31-27)7-4-14-33-15-17-35-18-16-33/h3,6,9-13,19,31H,1-2,4-5,7-8,14-18H2,(H,32,34)/b24-19-. The number of hydrogen-bond acceptors (Lipinski definition) is 4. The van der Waals surface area contributed by atoms with Crippen LogP contribution in [0.4, 0.5) is 5.69 Å². The Morgan fingerprint density at radius 3 is 2.74 bits per heavy atom. The minimum atomic E-state index is -0.0339. The highest BCUT2D eigenvalue weighted by Gasteiger charge is 2.28. The van der Waals surface area contributed by atoms with E-state index in [0.717, 1.165) is 92.2 Å². The second-order valence-corrected chi connectivity index (χ2v) is 9.72. The second-order valence-electron chi connectivity index (χ2n) is 9.72. The molecular formula is C29H32N4O2. The molecule has 0 atom stereocenters. The molecular weight excluding hydrogens is 436 g/mol. The van der Waals surface area contributed by atoms with E-state index in [1.54, 1.807) is 12.4 Å². The molecule has 1 fully saturated rings. The number of carbonyl (C=O) groups is 1. The van der Waals surface area contributed by atoms with Crippen molar-refractivity contribution in [3.05, 3.63) is 70.8 Å². The number of rotatable bonds is 6. The zero-order chi connectivity index (χ0) is 23.6. The van der Waals surface area contributed by atoms with Crippen LogP contribution in [0.5, 0.6) is 0 Å². The summed E-state index contributed by atoms with van der Waals surface area (Å²) in [6, 6.07) is 10.1. The van der Waals surface area contributed by atoms with Crippen molar-refractivity contribution in [1.29, 1.82) is 0 Å². The molecule has 6 rings (SSSR count). The number of H-pyrrole nitrogens is 1. The molecule has 0 unspecified atom stereocenters. The topological polar surface area (TPSA) is 70.2 Å². The van der Waals surface area contributed by atoms with Crippen molar-refractivity contribution in [2.75, 3.05) is 38.2 Å². The Kier molecular flexibility index (Phi) is 6.23. The molecule has 6 nitrogen and oxygen atoms in total. The number of ether oxygens (including phenoxy) is 1. The number of pyridine rings is 1. The van der Waals surface area contributed by atoms with Gasteiger partial charge in [-0.05, 0) is 91.6 Å². The normalized spacial score (nSPS) is 19.0. The average molecular weight is 469 g/mol. The van der Waals surface area contributed by atoms with E-state index in [0.29, 0.717) is 0 Å². The van der Waals surface area contributed by atoms with Crippen molar-refractivity contribution < 1.29 is 9.53 Å². The molecule has 2 N–H and O–H groups in total. The van der Waals surface area contributed by atoms with Gasteiger partial charge in [-0.2, -0.15) is 0 Å². The van der Waals surface area contributed by atoms with Crippen LogP contribution in [0.1, 0.15) is 47.3 Å². The number of nitrogens with one attached hydrogen (secondary N) is 2. The van der Waals surface area contributed by atoms with Gasteiger partial charge in [0.1, 0.15) is 0 Å². The average Bonchev–Trinajstić information content (AvgIpc) is 3.42. The highest BCUT2D eigenvalue weighted by molar-refractivity contribution is 6.36. The summed E-state index contributed by atoms with van der Waals surface area (Å²) in [6.45, 7) is 4.82. The van der Waals surface area contributed by atoms with Crippen LogP contribution in [0.3, 0.4) is 0 Å². The summed E-state index contributed by atoms with van der Waals surface area (Å²) >= 11 is 0. The van der Waals surface area contributed by atoms with Gasteiger partial charge in [-0.3, -0.25) is 14.7 Å². The molecule has 3 aliphatic rings. The number of aromatic amines is 1. The summed E-state index contributed by atoms with van der Waals surface area (Å²) in [7, 11) is 0. The fourth-order valence-electron chi connectivity index (χ4n) is 5.79. The number of aryl methyl sites for hydroxylation is 1. The Labute approximate surface area is 206 Å². The molecule has 0 bridgehead atoms. The van der Waals surface area contributed by atoms with E-state index in [4.69, 9.17) is 4.74 Å². The van der Waals surface area contributed by atoms with E-state index in [-0.39, 0.29) is 5.91 Å². The van der Waals surface area contributed by atoms with Crippen molar-refractivity contribution >= 4 is 23.2 Å². The van der Waals surface area contributed by atoms with E-state index in [1.165, 1.54) is 29.7 Å². The van der Waals surface area contributed by atoms with Gasteiger partial charge in [-0.25, -0.2) is 0 Å². The summed E-state index contributed by atoms with van der Waals surface area (Å²) in [5.74, 6) is -0.0339. The maximum absolute atomic E-state index is 13.2. The Bertz CT molecular complexity index is 1260. The Morgan fingerprint density at radius 1 is 1.06 bits per heavy atom. The summed E-state index contributed by atoms with van der Waals surface area (Å²) in [5, 5.41) is 3.09. The number of benzene rings is 1. The Balaban J connectivity index is 1.36. The second kappa shape index (κ2) is 9.80. The third-order valence-electron chi connectivity index (χ3n) is 7.55. The number of anilines is 1. The molecule has 1 saturated heterocycles. The summed E-state index contributed by atoms with van der Waals surface area (Å²) in [4.78, 5) is 23.6. The highest BCUT2D eigenvalue weighted by atomic mass is 16.5. The molecule has 1 amide bonds.